The molecule has 0 fully saturated rings. The molecule has 0 heterocycles. The fourth-order valence-corrected chi connectivity index (χ4v) is 0.162. The Balaban J connectivity index is 3.30. The Kier molecular flexibility index (Phi) is 2.50. The molecule has 0 unspecified atom stereocenters. The Morgan fingerprint density at radius 1 is 1.83 bits per heavy atom. The summed E-state index contributed by atoms with van der Waals surface area (Å²) < 4.78 is 0. The third-order valence-corrected chi connectivity index (χ3v) is 0.332. The predicted octanol–water partition coefficient (Wildman–Crippen LogP) is 0.824. The number of carboxylic acids is 1. The van der Waals surface area contributed by atoms with Gasteiger partial charge in [-0.2, -0.15) is 0 Å². The quantitative estimate of drug-likeness (QED) is 0.503. The van der Waals surface area contributed by atoms with Crippen molar-refractivity contribution in [2.45, 2.75) is 0 Å². The van der Waals surface area contributed by atoms with E-state index in [1.165, 1.54) is 0 Å². The summed E-state index contributed by atoms with van der Waals surface area (Å²) in [6, 6.07) is 0. The van der Waals surface area contributed by atoms with E-state index in [0.29, 0.717) is 0 Å². The molecular weight excluding hydrogens is 103 g/mol. The van der Waals surface area contributed by atoms with Gasteiger partial charge in [0, 0.05) is 11.6 Å². The van der Waals surface area contributed by atoms with E-state index in [2.05, 4.69) is 0 Å². The number of aliphatic carboxylic acids is 1. The van der Waals surface area contributed by atoms with Gasteiger partial charge in [-0.15, -0.1) is 0 Å². The van der Waals surface area contributed by atoms with Gasteiger partial charge in [0.1, 0.15) is 0 Å². The van der Waals surface area contributed by atoms with Crippen LogP contribution in [0.2, 0.25) is 0 Å². The third-order valence-electron chi connectivity index (χ3n) is 0.206. The highest BCUT2D eigenvalue weighted by molar-refractivity contribution is 6.26. The van der Waals surface area contributed by atoms with Crippen LogP contribution in [0.15, 0.2) is 11.6 Å². The van der Waals surface area contributed by atoms with Crippen LogP contribution in [0.1, 0.15) is 0 Å². The molecule has 0 bridgehead atoms. The van der Waals surface area contributed by atoms with Crippen LogP contribution < -0.4 is 0 Å². The highest BCUT2D eigenvalue weighted by Crippen LogP contribution is 1.74. The first-order valence-electron chi connectivity index (χ1n) is 1.27. The minimum Gasteiger partial charge on any atom is -0.478 e. The van der Waals surface area contributed by atoms with Gasteiger partial charge in [-0.1, -0.05) is 11.6 Å². The Morgan fingerprint density at radius 2 is 2.33 bits per heavy atom. The molecule has 6 heavy (non-hydrogen) atoms. The van der Waals surface area contributed by atoms with Crippen molar-refractivity contribution in [3.8, 4) is 0 Å². The molecule has 0 saturated heterocycles. The van der Waals surface area contributed by atoms with Gasteiger partial charge < -0.3 is 5.11 Å². The van der Waals surface area contributed by atoms with Gasteiger partial charge in [-0.25, -0.2) is 4.79 Å². The third kappa shape index (κ3) is 3.50. The minimum absolute atomic E-state index is 0.849. The Hall–Kier alpha value is -0.500. The average Bonchev–Trinajstić information content (AvgIpc) is 1.35. The number of hydrogen-bond acceptors (Lipinski definition) is 1. The van der Waals surface area contributed by atoms with Crippen LogP contribution >= 0.6 is 11.6 Å². The van der Waals surface area contributed by atoms with Crippen molar-refractivity contribution < 1.29 is 9.90 Å². The summed E-state index contributed by atoms with van der Waals surface area (Å²) in [5.74, 6) is -1.02. The van der Waals surface area contributed by atoms with E-state index in [9.17, 15) is 4.79 Å². The lowest BCUT2D eigenvalue weighted by molar-refractivity contribution is -0.131. The molecule has 0 amide bonds. The largest absolute Gasteiger partial charge is 0.478 e. The maximum Gasteiger partial charge on any atom is 0.329 e. The van der Waals surface area contributed by atoms with Gasteiger partial charge in [-0.3, -0.25) is 0 Å². The SMILES string of the molecule is O=C(O)/C=C\Cl. The van der Waals surface area contributed by atoms with E-state index in [1.54, 1.807) is 0 Å². The molecule has 0 aromatic heterocycles. The zero-order valence-corrected chi connectivity index (χ0v) is 3.64. The Labute approximate surface area is 40.0 Å². The molecule has 0 aliphatic carbocycles. The maximum absolute atomic E-state index is 9.43. The molecule has 0 aliphatic rings. The second-order valence-electron chi connectivity index (χ2n) is 0.631. The van der Waals surface area contributed by atoms with Crippen LogP contribution in [0.5, 0.6) is 0 Å². The van der Waals surface area contributed by atoms with Crippen molar-refractivity contribution >= 4 is 17.6 Å². The summed E-state index contributed by atoms with van der Waals surface area (Å²) in [6.45, 7) is 0. The van der Waals surface area contributed by atoms with Crippen molar-refractivity contribution in [1.82, 2.24) is 0 Å². The van der Waals surface area contributed by atoms with Crippen LogP contribution in [0.3, 0.4) is 0 Å². The first-order valence-corrected chi connectivity index (χ1v) is 1.70. The van der Waals surface area contributed by atoms with E-state index in [4.69, 9.17) is 16.7 Å². The number of carboxylic acid groups (broad SMARTS) is 1. The van der Waals surface area contributed by atoms with Gasteiger partial charge in [0.05, 0.1) is 0 Å². The lowest BCUT2D eigenvalue weighted by Crippen LogP contribution is -1.83. The Morgan fingerprint density at radius 3 is 2.33 bits per heavy atom. The van der Waals surface area contributed by atoms with Gasteiger partial charge in [0.15, 0.2) is 0 Å². The van der Waals surface area contributed by atoms with Crippen molar-refractivity contribution in [2.75, 3.05) is 0 Å². The molecule has 2 nitrogen and oxygen atoms in total. The van der Waals surface area contributed by atoms with Crippen LogP contribution in [-0.2, 0) is 4.79 Å². The Bertz CT molecular complexity index is 76.9. The average molecular weight is 107 g/mol. The van der Waals surface area contributed by atoms with Crippen LogP contribution in [0.4, 0.5) is 0 Å². The van der Waals surface area contributed by atoms with Gasteiger partial charge >= 0.3 is 5.97 Å². The number of hydrogen-bond donors (Lipinski definition) is 1. The van der Waals surface area contributed by atoms with E-state index >= 15 is 0 Å². The van der Waals surface area contributed by atoms with Gasteiger partial charge in [-0.05, 0) is 0 Å². The van der Waals surface area contributed by atoms with Crippen LogP contribution in [0.25, 0.3) is 0 Å². The monoisotopic (exact) mass is 106 g/mol. The lowest BCUT2D eigenvalue weighted by Gasteiger charge is -1.67. The molecule has 0 saturated carbocycles. The summed E-state index contributed by atoms with van der Waals surface area (Å²) in [4.78, 5) is 9.43. The molecule has 0 radical (unpaired) electrons. The molecule has 0 rings (SSSR count). The highest BCUT2D eigenvalue weighted by atomic mass is 35.5. The zero-order valence-electron chi connectivity index (χ0n) is 2.89. The topological polar surface area (TPSA) is 37.3 Å². The summed E-state index contributed by atoms with van der Waals surface area (Å²) in [5.41, 5.74) is 0.947. The second kappa shape index (κ2) is 2.72. The fraction of sp³-hybridized carbons (Fsp3) is 0. The van der Waals surface area contributed by atoms with Gasteiger partial charge in [0.2, 0.25) is 0 Å². The minimum atomic E-state index is -1.02. The molecule has 34 valence electrons. The maximum atomic E-state index is 9.43. The number of halogens is 1. The summed E-state index contributed by atoms with van der Waals surface area (Å²) in [7, 11) is 0. The summed E-state index contributed by atoms with van der Waals surface area (Å²) in [6.07, 6.45) is 0.849. The number of rotatable bonds is 1. The molecule has 0 atom stereocenters. The van der Waals surface area contributed by atoms with E-state index < -0.39 is 5.97 Å². The standard InChI is InChI=1S/C3H3ClO2/c4-2-1-3(5)6/h1-2H,(H,5,6)/b2-1-. The van der Waals surface area contributed by atoms with Crippen molar-refractivity contribution in [1.29, 1.82) is 0 Å². The van der Waals surface area contributed by atoms with E-state index in [1.807, 2.05) is 0 Å². The van der Waals surface area contributed by atoms with Crippen molar-refractivity contribution in [3.05, 3.63) is 11.6 Å². The first kappa shape index (κ1) is 5.50. The first-order chi connectivity index (χ1) is 2.77. The smallest absolute Gasteiger partial charge is 0.329 e. The van der Waals surface area contributed by atoms with E-state index in [-0.39, 0.29) is 0 Å². The molecule has 0 aromatic rings. The molecule has 1 N–H and O–H groups in total. The zero-order chi connectivity index (χ0) is 4.99. The van der Waals surface area contributed by atoms with Crippen molar-refractivity contribution in [3.63, 3.8) is 0 Å². The highest BCUT2D eigenvalue weighted by Gasteiger charge is 1.77. The molecule has 0 aromatic carbocycles. The molecule has 3 heteroatoms. The number of carbonyl (C=O) groups is 1. The fourth-order valence-electron chi connectivity index (χ4n) is 0.0539. The normalized spacial score (nSPS) is 9.50. The molecule has 0 aliphatic heterocycles. The van der Waals surface area contributed by atoms with E-state index in [0.717, 1.165) is 11.6 Å². The molecule has 0 spiro atoms. The van der Waals surface area contributed by atoms with Gasteiger partial charge in [0.25, 0.3) is 0 Å². The molecular formula is C3H3ClO2. The summed E-state index contributed by atoms with van der Waals surface area (Å²) >= 11 is 4.84. The second-order valence-corrected chi connectivity index (χ2v) is 0.883. The predicted molar refractivity (Wildman–Crippen MR) is 22.6 cm³/mol. The summed E-state index contributed by atoms with van der Waals surface area (Å²) in [5, 5.41) is 7.74. The van der Waals surface area contributed by atoms with Crippen LogP contribution in [0, 0.1) is 0 Å². The van der Waals surface area contributed by atoms with Crippen molar-refractivity contribution in [2.24, 2.45) is 0 Å². The van der Waals surface area contributed by atoms with Crippen LogP contribution in [-0.4, -0.2) is 11.1 Å². The lowest BCUT2D eigenvalue weighted by atomic mass is 10.7.